The summed E-state index contributed by atoms with van der Waals surface area (Å²) in [6.45, 7) is 2.51. The van der Waals surface area contributed by atoms with Gasteiger partial charge >= 0.3 is 6.18 Å². The van der Waals surface area contributed by atoms with Gasteiger partial charge in [0.1, 0.15) is 5.69 Å². The molecule has 0 unspecified atom stereocenters. The molecule has 0 radical (unpaired) electrons. The van der Waals surface area contributed by atoms with E-state index < -0.39 is 17.6 Å². The number of benzene rings is 1. The van der Waals surface area contributed by atoms with E-state index in [4.69, 9.17) is 11.6 Å². The van der Waals surface area contributed by atoms with E-state index in [9.17, 15) is 22.8 Å². The highest BCUT2D eigenvalue weighted by atomic mass is 35.5. The second-order valence-electron chi connectivity index (χ2n) is 6.89. The lowest BCUT2D eigenvalue weighted by atomic mass is 10.1. The molecule has 0 atom stereocenters. The van der Waals surface area contributed by atoms with Crippen molar-refractivity contribution in [3.8, 4) is 0 Å². The zero-order valence-corrected chi connectivity index (χ0v) is 16.7. The molecule has 6 nitrogen and oxygen atoms in total. The number of hydrogen-bond acceptors (Lipinski definition) is 4. The summed E-state index contributed by atoms with van der Waals surface area (Å²) < 4.78 is 37.9. The molecule has 30 heavy (non-hydrogen) atoms. The summed E-state index contributed by atoms with van der Waals surface area (Å²) in [5.41, 5.74) is 0.248. The van der Waals surface area contributed by atoms with Crippen LogP contribution in [0.3, 0.4) is 0 Å². The van der Waals surface area contributed by atoms with Gasteiger partial charge < -0.3 is 10.2 Å². The van der Waals surface area contributed by atoms with Crippen LogP contribution in [-0.4, -0.2) is 59.3 Å². The normalized spacial score (nSPS) is 15.1. The molecule has 0 spiro atoms. The van der Waals surface area contributed by atoms with Crippen molar-refractivity contribution >= 4 is 23.4 Å². The summed E-state index contributed by atoms with van der Waals surface area (Å²) in [5, 5.41) is 2.92. The van der Waals surface area contributed by atoms with E-state index in [1.54, 1.807) is 11.0 Å². The third-order valence-corrected chi connectivity index (χ3v) is 5.00. The number of piperazine rings is 1. The SMILES string of the molecule is O=C(NCC(=O)N1CCN(Cc2ccc(C(F)(F)F)cc2)CC1)c1cc(Cl)ccn1. The standard InChI is InChI=1S/C20H20ClF3N4O2/c21-16-5-6-25-17(11-16)19(30)26-12-18(29)28-9-7-27(8-10-28)13-14-1-3-15(4-2-14)20(22,23)24/h1-6,11H,7-10,12-13H2,(H,26,30). The number of nitrogens with zero attached hydrogens (tertiary/aromatic N) is 3. The molecule has 1 aromatic heterocycles. The number of carbonyl (C=O) groups excluding carboxylic acids is 2. The number of aromatic nitrogens is 1. The Morgan fingerprint density at radius 2 is 1.73 bits per heavy atom. The monoisotopic (exact) mass is 440 g/mol. The predicted molar refractivity (Wildman–Crippen MR) is 105 cm³/mol. The Morgan fingerprint density at radius 3 is 2.33 bits per heavy atom. The molecule has 160 valence electrons. The highest BCUT2D eigenvalue weighted by molar-refractivity contribution is 6.30. The smallest absolute Gasteiger partial charge is 0.342 e. The first kappa shape index (κ1) is 22.0. The van der Waals surface area contributed by atoms with Crippen LogP contribution < -0.4 is 5.32 Å². The average Bonchev–Trinajstić information content (AvgIpc) is 2.72. The van der Waals surface area contributed by atoms with Crippen molar-refractivity contribution in [3.05, 3.63) is 64.4 Å². The van der Waals surface area contributed by atoms with Crippen LogP contribution in [-0.2, 0) is 17.5 Å². The molecule has 2 amide bonds. The van der Waals surface area contributed by atoms with Gasteiger partial charge in [0.25, 0.3) is 5.91 Å². The van der Waals surface area contributed by atoms with Crippen LogP contribution in [0.2, 0.25) is 5.02 Å². The molecule has 1 N–H and O–H groups in total. The van der Waals surface area contributed by atoms with Gasteiger partial charge in [0.05, 0.1) is 12.1 Å². The highest BCUT2D eigenvalue weighted by Crippen LogP contribution is 2.29. The van der Waals surface area contributed by atoms with Crippen molar-refractivity contribution in [1.29, 1.82) is 0 Å². The molecular formula is C20H20ClF3N4O2. The van der Waals surface area contributed by atoms with Crippen molar-refractivity contribution in [1.82, 2.24) is 20.1 Å². The Morgan fingerprint density at radius 1 is 1.07 bits per heavy atom. The molecule has 0 aliphatic carbocycles. The Hall–Kier alpha value is -2.65. The van der Waals surface area contributed by atoms with Crippen LogP contribution in [0.5, 0.6) is 0 Å². The van der Waals surface area contributed by atoms with Gasteiger partial charge in [0, 0.05) is 43.9 Å². The van der Waals surface area contributed by atoms with Crippen molar-refractivity contribution in [2.45, 2.75) is 12.7 Å². The Kier molecular flexibility index (Phi) is 6.94. The lowest BCUT2D eigenvalue weighted by molar-refractivity contribution is -0.137. The summed E-state index contributed by atoms with van der Waals surface area (Å²) in [7, 11) is 0. The molecule has 1 aliphatic rings. The van der Waals surface area contributed by atoms with Crippen LogP contribution >= 0.6 is 11.6 Å². The number of alkyl halides is 3. The number of amides is 2. The van der Waals surface area contributed by atoms with E-state index in [0.717, 1.165) is 17.7 Å². The van der Waals surface area contributed by atoms with E-state index in [1.807, 2.05) is 0 Å². The molecule has 2 aromatic rings. The molecule has 10 heteroatoms. The summed E-state index contributed by atoms with van der Waals surface area (Å²) in [5.74, 6) is -0.689. The van der Waals surface area contributed by atoms with Gasteiger partial charge in [-0.2, -0.15) is 13.2 Å². The van der Waals surface area contributed by atoms with Gasteiger partial charge in [-0.3, -0.25) is 19.5 Å². The first-order valence-corrected chi connectivity index (χ1v) is 9.66. The van der Waals surface area contributed by atoms with Crippen LogP contribution in [0.4, 0.5) is 13.2 Å². The maximum Gasteiger partial charge on any atom is 0.416 e. The van der Waals surface area contributed by atoms with Crippen molar-refractivity contribution < 1.29 is 22.8 Å². The second kappa shape index (κ2) is 9.44. The number of carbonyl (C=O) groups is 2. The minimum atomic E-state index is -4.34. The van der Waals surface area contributed by atoms with Gasteiger partial charge in [0.2, 0.25) is 5.91 Å². The lowest BCUT2D eigenvalue weighted by Crippen LogP contribution is -2.50. The number of nitrogens with one attached hydrogen (secondary N) is 1. The zero-order valence-electron chi connectivity index (χ0n) is 16.0. The quantitative estimate of drug-likeness (QED) is 0.776. The van der Waals surface area contributed by atoms with Crippen molar-refractivity contribution in [3.63, 3.8) is 0 Å². The van der Waals surface area contributed by atoms with Gasteiger partial charge in [-0.15, -0.1) is 0 Å². The predicted octanol–water partition coefficient (Wildman–Crippen LogP) is 2.83. The highest BCUT2D eigenvalue weighted by Gasteiger charge is 2.30. The van der Waals surface area contributed by atoms with Crippen molar-refractivity contribution in [2.75, 3.05) is 32.7 Å². The molecule has 2 heterocycles. The van der Waals surface area contributed by atoms with Crippen LogP contribution in [0, 0.1) is 0 Å². The van der Waals surface area contributed by atoms with E-state index in [2.05, 4.69) is 15.2 Å². The molecule has 0 saturated carbocycles. The Bertz CT molecular complexity index is 898. The van der Waals surface area contributed by atoms with Gasteiger partial charge in [-0.05, 0) is 29.8 Å². The molecule has 1 saturated heterocycles. The first-order chi connectivity index (χ1) is 14.2. The van der Waals surface area contributed by atoms with Crippen LogP contribution in [0.1, 0.15) is 21.6 Å². The minimum Gasteiger partial charge on any atom is -0.342 e. The fourth-order valence-corrected chi connectivity index (χ4v) is 3.26. The van der Waals surface area contributed by atoms with E-state index >= 15 is 0 Å². The van der Waals surface area contributed by atoms with Gasteiger partial charge in [-0.25, -0.2) is 0 Å². The minimum absolute atomic E-state index is 0.136. The maximum absolute atomic E-state index is 12.6. The number of rotatable bonds is 5. The fraction of sp³-hybridized carbons (Fsp3) is 0.350. The summed E-state index contributed by atoms with van der Waals surface area (Å²) >= 11 is 5.82. The van der Waals surface area contributed by atoms with Crippen molar-refractivity contribution in [2.24, 2.45) is 0 Å². The van der Waals surface area contributed by atoms with E-state index in [0.29, 0.717) is 37.7 Å². The molecule has 1 aliphatic heterocycles. The average molecular weight is 441 g/mol. The maximum atomic E-state index is 12.6. The van der Waals surface area contributed by atoms with E-state index in [1.165, 1.54) is 24.4 Å². The zero-order chi connectivity index (χ0) is 21.7. The lowest BCUT2D eigenvalue weighted by Gasteiger charge is -2.34. The third kappa shape index (κ3) is 5.93. The van der Waals surface area contributed by atoms with Gasteiger partial charge in [-0.1, -0.05) is 23.7 Å². The summed E-state index contributed by atoms with van der Waals surface area (Å²) in [6, 6.07) is 8.06. The third-order valence-electron chi connectivity index (χ3n) is 4.77. The van der Waals surface area contributed by atoms with E-state index in [-0.39, 0.29) is 18.1 Å². The number of hydrogen-bond donors (Lipinski definition) is 1. The molecule has 1 aromatic carbocycles. The summed E-state index contributed by atoms with van der Waals surface area (Å²) in [4.78, 5) is 32.0. The van der Waals surface area contributed by atoms with Crippen LogP contribution in [0.25, 0.3) is 0 Å². The van der Waals surface area contributed by atoms with Crippen LogP contribution in [0.15, 0.2) is 42.6 Å². The molecule has 1 fully saturated rings. The molecule has 3 rings (SSSR count). The largest absolute Gasteiger partial charge is 0.416 e. The van der Waals surface area contributed by atoms with Gasteiger partial charge in [0.15, 0.2) is 0 Å². The second-order valence-corrected chi connectivity index (χ2v) is 7.33. The Labute approximate surface area is 176 Å². The first-order valence-electron chi connectivity index (χ1n) is 9.28. The number of halogens is 4. The Balaban J connectivity index is 1.43. The number of pyridine rings is 1. The molecule has 0 bridgehead atoms. The topological polar surface area (TPSA) is 65.5 Å². The summed E-state index contributed by atoms with van der Waals surface area (Å²) in [6.07, 6.45) is -2.93. The fourth-order valence-electron chi connectivity index (χ4n) is 3.10. The molecular weight excluding hydrogens is 421 g/mol.